The van der Waals surface area contributed by atoms with Crippen molar-refractivity contribution in [2.75, 3.05) is 5.32 Å². The Morgan fingerprint density at radius 3 is 3.11 bits per heavy atom. The van der Waals surface area contributed by atoms with Crippen molar-refractivity contribution >= 4 is 17.3 Å². The van der Waals surface area contributed by atoms with Crippen LogP contribution in [0.2, 0.25) is 0 Å². The van der Waals surface area contributed by atoms with E-state index in [4.69, 9.17) is 0 Å². The van der Waals surface area contributed by atoms with Gasteiger partial charge in [0.05, 0.1) is 12.2 Å². The van der Waals surface area contributed by atoms with E-state index in [1.165, 1.54) is 10.4 Å². The van der Waals surface area contributed by atoms with Crippen molar-refractivity contribution in [3.05, 3.63) is 46.4 Å². The van der Waals surface area contributed by atoms with E-state index in [1.807, 2.05) is 19.2 Å². The van der Waals surface area contributed by atoms with Gasteiger partial charge in [0.25, 0.3) is 0 Å². The van der Waals surface area contributed by atoms with E-state index in [-0.39, 0.29) is 0 Å². The Balaban J connectivity index is 2.07. The van der Waals surface area contributed by atoms with E-state index in [1.54, 1.807) is 11.3 Å². The van der Waals surface area contributed by atoms with E-state index < -0.39 is 0 Å². The van der Waals surface area contributed by atoms with Gasteiger partial charge < -0.3 is 9.88 Å². The Bertz CT molecular complexity index is 525. The Hall–Kier alpha value is -1.55. The van der Waals surface area contributed by atoms with Crippen LogP contribution in [-0.4, -0.2) is 9.55 Å². The second-order valence-corrected chi connectivity index (χ2v) is 5.22. The van der Waals surface area contributed by atoms with Crippen LogP contribution in [0.25, 0.3) is 0 Å². The number of aryl methyl sites for hydroxylation is 2. The molecule has 0 spiro atoms. The molecule has 96 valence electrons. The van der Waals surface area contributed by atoms with Crippen molar-refractivity contribution in [3.8, 4) is 0 Å². The summed E-state index contributed by atoms with van der Waals surface area (Å²) in [4.78, 5) is 5.88. The molecule has 0 aromatic carbocycles. The molecule has 18 heavy (non-hydrogen) atoms. The van der Waals surface area contributed by atoms with Gasteiger partial charge in [-0.25, -0.2) is 4.98 Å². The zero-order valence-electron chi connectivity index (χ0n) is 10.9. The first-order chi connectivity index (χ1) is 8.74. The van der Waals surface area contributed by atoms with Crippen molar-refractivity contribution in [2.24, 2.45) is 0 Å². The van der Waals surface area contributed by atoms with Crippen molar-refractivity contribution in [2.45, 2.75) is 33.4 Å². The lowest BCUT2D eigenvalue weighted by Crippen LogP contribution is -2.06. The van der Waals surface area contributed by atoms with Gasteiger partial charge in [0.2, 0.25) is 5.95 Å². The molecule has 1 N–H and O–H groups in total. The number of hydrogen-bond acceptors (Lipinski definition) is 3. The molecule has 0 bridgehead atoms. The highest BCUT2D eigenvalue weighted by atomic mass is 32.1. The summed E-state index contributed by atoms with van der Waals surface area (Å²) in [7, 11) is 0. The molecule has 0 radical (unpaired) electrons. The van der Waals surface area contributed by atoms with Gasteiger partial charge in [0.1, 0.15) is 0 Å². The summed E-state index contributed by atoms with van der Waals surface area (Å²) in [6, 6.07) is 2.20. The van der Waals surface area contributed by atoms with E-state index >= 15 is 0 Å². The molecular weight excluding hydrogens is 242 g/mol. The number of nitrogens with zero attached hydrogens (tertiary/aromatic N) is 2. The third kappa shape index (κ3) is 2.82. The number of nitrogens with one attached hydrogen (secondary N) is 1. The highest BCUT2D eigenvalue weighted by Crippen LogP contribution is 2.19. The first kappa shape index (κ1) is 12.9. The third-order valence-electron chi connectivity index (χ3n) is 2.85. The quantitative estimate of drug-likeness (QED) is 0.805. The summed E-state index contributed by atoms with van der Waals surface area (Å²) in [5, 5.41) is 5.56. The zero-order valence-corrected chi connectivity index (χ0v) is 11.8. The van der Waals surface area contributed by atoms with Gasteiger partial charge in [0.15, 0.2) is 0 Å². The minimum absolute atomic E-state index is 0.786. The van der Waals surface area contributed by atoms with Crippen LogP contribution >= 0.6 is 11.3 Å². The Morgan fingerprint density at radius 2 is 2.39 bits per heavy atom. The number of rotatable bonds is 6. The standard InChI is InChI=1S/C14H19N3S/c1-4-7-17-10-11(3)16-14(17)15-9-13-12(5-2)6-8-18-13/h4,6,8,10H,1,5,7,9H2,2-3H3,(H,15,16). The number of anilines is 1. The molecule has 2 aromatic heterocycles. The molecule has 0 unspecified atom stereocenters. The number of aromatic nitrogens is 2. The Labute approximate surface area is 112 Å². The predicted octanol–water partition coefficient (Wildman–Crippen LogP) is 3.61. The lowest BCUT2D eigenvalue weighted by atomic mass is 10.2. The van der Waals surface area contributed by atoms with E-state index in [0.29, 0.717) is 0 Å². The smallest absolute Gasteiger partial charge is 0.203 e. The predicted molar refractivity (Wildman–Crippen MR) is 78.2 cm³/mol. The van der Waals surface area contributed by atoms with Crippen LogP contribution in [0.4, 0.5) is 5.95 Å². The molecule has 0 fully saturated rings. The van der Waals surface area contributed by atoms with Crippen molar-refractivity contribution in [1.29, 1.82) is 0 Å². The summed E-state index contributed by atoms with van der Waals surface area (Å²) < 4.78 is 2.08. The maximum Gasteiger partial charge on any atom is 0.203 e. The normalized spacial score (nSPS) is 10.6. The minimum Gasteiger partial charge on any atom is -0.351 e. The van der Waals surface area contributed by atoms with Crippen LogP contribution in [0.15, 0.2) is 30.3 Å². The molecule has 0 atom stereocenters. The first-order valence-electron chi connectivity index (χ1n) is 6.18. The van der Waals surface area contributed by atoms with Crippen LogP contribution in [0, 0.1) is 6.92 Å². The van der Waals surface area contributed by atoms with Crippen LogP contribution in [-0.2, 0) is 19.5 Å². The molecule has 2 heterocycles. The maximum absolute atomic E-state index is 4.49. The monoisotopic (exact) mass is 261 g/mol. The Morgan fingerprint density at radius 1 is 1.56 bits per heavy atom. The average molecular weight is 261 g/mol. The number of hydrogen-bond donors (Lipinski definition) is 1. The third-order valence-corrected chi connectivity index (χ3v) is 3.81. The fourth-order valence-electron chi connectivity index (χ4n) is 1.96. The lowest BCUT2D eigenvalue weighted by Gasteiger charge is -2.08. The van der Waals surface area contributed by atoms with E-state index in [2.05, 4.69) is 39.8 Å². The summed E-state index contributed by atoms with van der Waals surface area (Å²) in [6.07, 6.45) is 5.01. The fourth-order valence-corrected chi connectivity index (χ4v) is 2.88. The number of thiophene rings is 1. The van der Waals surface area contributed by atoms with Crippen LogP contribution in [0.5, 0.6) is 0 Å². The summed E-state index contributed by atoms with van der Waals surface area (Å²) in [6.45, 7) is 9.59. The topological polar surface area (TPSA) is 29.9 Å². The SMILES string of the molecule is C=CCn1cc(C)nc1NCc1sccc1CC. The van der Waals surface area contributed by atoms with Crippen LogP contribution < -0.4 is 5.32 Å². The van der Waals surface area contributed by atoms with Crippen molar-refractivity contribution < 1.29 is 0 Å². The highest BCUT2D eigenvalue weighted by molar-refractivity contribution is 7.10. The van der Waals surface area contributed by atoms with Gasteiger partial charge in [0, 0.05) is 17.6 Å². The largest absolute Gasteiger partial charge is 0.351 e. The van der Waals surface area contributed by atoms with Gasteiger partial charge in [-0.3, -0.25) is 0 Å². The van der Waals surface area contributed by atoms with Crippen LogP contribution in [0.3, 0.4) is 0 Å². The average Bonchev–Trinajstić information content (AvgIpc) is 2.93. The molecule has 2 rings (SSSR count). The molecule has 0 aliphatic rings. The second-order valence-electron chi connectivity index (χ2n) is 4.22. The summed E-state index contributed by atoms with van der Waals surface area (Å²) in [5.41, 5.74) is 2.45. The minimum atomic E-state index is 0.786. The fraction of sp³-hybridized carbons (Fsp3) is 0.357. The lowest BCUT2D eigenvalue weighted by molar-refractivity contribution is 0.820. The van der Waals surface area contributed by atoms with Gasteiger partial charge in [-0.1, -0.05) is 13.0 Å². The van der Waals surface area contributed by atoms with Crippen molar-refractivity contribution in [3.63, 3.8) is 0 Å². The van der Waals surface area contributed by atoms with Gasteiger partial charge in [-0.2, -0.15) is 0 Å². The van der Waals surface area contributed by atoms with Gasteiger partial charge >= 0.3 is 0 Å². The summed E-state index contributed by atoms with van der Waals surface area (Å²) in [5.74, 6) is 0.919. The number of imidazole rings is 1. The van der Waals surface area contributed by atoms with Gasteiger partial charge in [-0.05, 0) is 30.4 Å². The second kappa shape index (κ2) is 5.87. The van der Waals surface area contributed by atoms with Crippen LogP contribution in [0.1, 0.15) is 23.1 Å². The Kier molecular flexibility index (Phi) is 4.20. The molecule has 0 aliphatic carbocycles. The molecule has 0 amide bonds. The molecule has 0 saturated heterocycles. The first-order valence-corrected chi connectivity index (χ1v) is 7.06. The zero-order chi connectivity index (χ0) is 13.0. The maximum atomic E-state index is 4.49. The molecule has 0 saturated carbocycles. The van der Waals surface area contributed by atoms with E-state index in [0.717, 1.165) is 31.2 Å². The van der Waals surface area contributed by atoms with Gasteiger partial charge in [-0.15, -0.1) is 17.9 Å². The summed E-state index contributed by atoms with van der Waals surface area (Å²) >= 11 is 1.80. The van der Waals surface area contributed by atoms with E-state index in [9.17, 15) is 0 Å². The molecular formula is C14H19N3S. The molecule has 4 heteroatoms. The van der Waals surface area contributed by atoms with Crippen molar-refractivity contribution in [1.82, 2.24) is 9.55 Å². The number of allylic oxidation sites excluding steroid dienone is 1. The molecule has 0 aliphatic heterocycles. The highest BCUT2D eigenvalue weighted by Gasteiger charge is 2.06. The molecule has 2 aromatic rings. The molecule has 3 nitrogen and oxygen atoms in total.